The minimum absolute atomic E-state index is 0.420. The number of aldehydes is 1. The molecule has 0 saturated heterocycles. The fourth-order valence-corrected chi connectivity index (χ4v) is 0.801. The van der Waals surface area contributed by atoms with E-state index in [1.807, 2.05) is 0 Å². The summed E-state index contributed by atoms with van der Waals surface area (Å²) >= 11 is 0. The number of unbranched alkanes of at least 4 members (excludes halogenated alkanes) is 4. The molecular formula is C8H16O. The average molecular weight is 129 g/mol. The van der Waals surface area contributed by atoms with Gasteiger partial charge in [0, 0.05) is 6.42 Å². The lowest BCUT2D eigenvalue weighted by Gasteiger charge is -1.93. The maximum absolute atomic E-state index is 10.1. The Labute approximate surface area is 58.9 Å². The quantitative estimate of drug-likeness (QED) is 0.398. The lowest BCUT2D eigenvalue weighted by atomic mass is 10.1. The van der Waals surface area contributed by atoms with Gasteiger partial charge in [-0.25, -0.2) is 0 Å². The molecule has 1 heteroatoms. The van der Waals surface area contributed by atoms with E-state index >= 15 is 0 Å². The second-order valence-electron chi connectivity index (χ2n) is 2.31. The van der Waals surface area contributed by atoms with Gasteiger partial charge in [0.25, 0.3) is 0 Å². The predicted octanol–water partition coefficient (Wildman–Crippen LogP) is 2.55. The van der Waals surface area contributed by atoms with E-state index < -0.39 is 6.26 Å². The number of carbonyl (C=O) groups excluding carboxylic acids is 1. The lowest BCUT2D eigenvalue weighted by Crippen LogP contribution is -1.78. The van der Waals surface area contributed by atoms with Crippen LogP contribution < -0.4 is 0 Å². The zero-order valence-corrected chi connectivity index (χ0v) is 6.15. The first-order valence-electron chi connectivity index (χ1n) is 4.26. The Morgan fingerprint density at radius 3 is 2.56 bits per heavy atom. The van der Waals surface area contributed by atoms with Crippen LogP contribution >= 0.6 is 0 Å². The normalized spacial score (nSPS) is 11.0. The third-order valence-corrected chi connectivity index (χ3v) is 1.38. The van der Waals surface area contributed by atoms with Crippen molar-refractivity contribution in [2.45, 2.75) is 45.4 Å². The van der Waals surface area contributed by atoms with Gasteiger partial charge in [-0.2, -0.15) is 0 Å². The fourth-order valence-electron chi connectivity index (χ4n) is 0.801. The van der Waals surface area contributed by atoms with Gasteiger partial charge in [-0.3, -0.25) is 0 Å². The Balaban J connectivity index is 2.84. The minimum Gasteiger partial charge on any atom is -0.303 e. The first kappa shape index (κ1) is 6.79. The maximum Gasteiger partial charge on any atom is 0.119 e. The van der Waals surface area contributed by atoms with E-state index in [0.717, 1.165) is 12.8 Å². The molecule has 54 valence electrons. The summed E-state index contributed by atoms with van der Waals surface area (Å²) < 4.78 is 6.62. The summed E-state index contributed by atoms with van der Waals surface area (Å²) in [5, 5.41) is 0. The van der Waals surface area contributed by atoms with Crippen LogP contribution in [-0.2, 0) is 4.79 Å². The van der Waals surface area contributed by atoms with E-state index in [1.54, 1.807) is 0 Å². The maximum atomic E-state index is 10.1. The molecule has 0 heterocycles. The van der Waals surface area contributed by atoms with Crippen molar-refractivity contribution in [2.75, 3.05) is 0 Å². The van der Waals surface area contributed by atoms with E-state index in [0.29, 0.717) is 6.42 Å². The van der Waals surface area contributed by atoms with Crippen LogP contribution in [0.15, 0.2) is 0 Å². The molecule has 0 fully saturated rings. The third-order valence-electron chi connectivity index (χ3n) is 1.38. The van der Waals surface area contributed by atoms with Gasteiger partial charge in [0.1, 0.15) is 7.63 Å². The van der Waals surface area contributed by atoms with Crippen molar-refractivity contribution in [3.63, 3.8) is 0 Å². The Hall–Kier alpha value is -0.330. The lowest BCUT2D eigenvalue weighted by molar-refractivity contribution is -0.107. The van der Waals surface area contributed by atoms with Crippen molar-refractivity contribution in [1.82, 2.24) is 0 Å². The van der Waals surface area contributed by atoms with Gasteiger partial charge in [-0.1, -0.05) is 32.6 Å². The molecule has 0 spiro atoms. The molecule has 0 aromatic heterocycles. The summed E-state index contributed by atoms with van der Waals surface area (Å²) in [6.45, 7) is 2.16. The standard InChI is InChI=1S/C8H16O/c1-2-3-4-5-6-7-8-9/h8H,2-7H2,1H3/i8D. The highest BCUT2D eigenvalue weighted by Crippen LogP contribution is 2.02. The van der Waals surface area contributed by atoms with Crippen LogP contribution in [0.1, 0.15) is 46.8 Å². The first-order chi connectivity index (χ1) is 4.77. The van der Waals surface area contributed by atoms with Crippen molar-refractivity contribution in [2.24, 2.45) is 0 Å². The molecule has 0 aliphatic carbocycles. The second kappa shape index (κ2) is 7.67. The van der Waals surface area contributed by atoms with Crippen molar-refractivity contribution < 1.29 is 6.17 Å². The number of hydrogen-bond acceptors (Lipinski definition) is 1. The minimum atomic E-state index is -0.420. The Kier molecular flexibility index (Phi) is 5.78. The van der Waals surface area contributed by atoms with Gasteiger partial charge in [0.05, 0.1) is 0 Å². The van der Waals surface area contributed by atoms with Crippen LogP contribution in [-0.4, -0.2) is 6.26 Å². The molecule has 0 bridgehead atoms. The van der Waals surface area contributed by atoms with Crippen LogP contribution in [0, 0.1) is 0 Å². The summed E-state index contributed by atoms with van der Waals surface area (Å²) in [7, 11) is 0. The molecule has 0 atom stereocenters. The third kappa shape index (κ3) is 7.67. The van der Waals surface area contributed by atoms with E-state index in [1.165, 1.54) is 19.3 Å². The number of rotatable bonds is 6. The molecule has 0 aromatic carbocycles. The molecule has 0 aliphatic rings. The molecule has 0 saturated carbocycles. The van der Waals surface area contributed by atoms with Gasteiger partial charge in [-0.15, -0.1) is 0 Å². The summed E-state index contributed by atoms with van der Waals surface area (Å²) in [6, 6.07) is 0. The molecule has 0 aromatic rings. The van der Waals surface area contributed by atoms with Gasteiger partial charge in [0.15, 0.2) is 0 Å². The Morgan fingerprint density at radius 1 is 1.33 bits per heavy atom. The molecule has 0 radical (unpaired) electrons. The van der Waals surface area contributed by atoms with E-state index in [9.17, 15) is 4.79 Å². The highest BCUT2D eigenvalue weighted by atomic mass is 16.1. The SMILES string of the molecule is [2H]C(=O)CCCCCCC. The molecule has 0 unspecified atom stereocenters. The van der Waals surface area contributed by atoms with Crippen molar-refractivity contribution in [1.29, 1.82) is 0 Å². The van der Waals surface area contributed by atoms with Crippen molar-refractivity contribution in [3.8, 4) is 0 Å². The van der Waals surface area contributed by atoms with Crippen LogP contribution in [0.4, 0.5) is 0 Å². The van der Waals surface area contributed by atoms with E-state index in [2.05, 4.69) is 6.92 Å². The summed E-state index contributed by atoms with van der Waals surface area (Å²) in [5.74, 6) is 0. The highest BCUT2D eigenvalue weighted by molar-refractivity contribution is 5.48. The largest absolute Gasteiger partial charge is 0.303 e. The van der Waals surface area contributed by atoms with Crippen LogP contribution in [0.3, 0.4) is 0 Å². The zero-order valence-electron chi connectivity index (χ0n) is 7.15. The molecular weight excluding hydrogens is 112 g/mol. The average Bonchev–Trinajstić information content (AvgIpc) is 1.87. The van der Waals surface area contributed by atoms with Crippen LogP contribution in [0.5, 0.6) is 0 Å². The van der Waals surface area contributed by atoms with Crippen molar-refractivity contribution >= 4 is 6.26 Å². The summed E-state index contributed by atoms with van der Waals surface area (Å²) in [4.78, 5) is 10.1. The van der Waals surface area contributed by atoms with Gasteiger partial charge in [0.2, 0.25) is 0 Å². The zero-order chi connectivity index (χ0) is 7.82. The second-order valence-corrected chi connectivity index (χ2v) is 2.31. The summed E-state index contributed by atoms with van der Waals surface area (Å²) in [6.07, 6.45) is 5.74. The molecule has 1 nitrogen and oxygen atoms in total. The molecule has 0 amide bonds. The summed E-state index contributed by atoms with van der Waals surface area (Å²) in [5.41, 5.74) is 0. The fraction of sp³-hybridized carbons (Fsp3) is 0.875. The van der Waals surface area contributed by atoms with E-state index in [-0.39, 0.29) is 0 Å². The Morgan fingerprint density at radius 2 is 2.00 bits per heavy atom. The van der Waals surface area contributed by atoms with E-state index in [4.69, 9.17) is 1.37 Å². The molecule has 9 heavy (non-hydrogen) atoms. The molecule has 0 aliphatic heterocycles. The van der Waals surface area contributed by atoms with Gasteiger partial charge in [-0.05, 0) is 6.42 Å². The number of hydrogen-bond donors (Lipinski definition) is 0. The van der Waals surface area contributed by atoms with Crippen LogP contribution in [0.25, 0.3) is 0 Å². The Bertz CT molecular complexity index is 91.3. The predicted molar refractivity (Wildman–Crippen MR) is 39.4 cm³/mol. The van der Waals surface area contributed by atoms with Crippen molar-refractivity contribution in [3.05, 3.63) is 0 Å². The van der Waals surface area contributed by atoms with Gasteiger partial charge < -0.3 is 4.79 Å². The first-order valence-corrected chi connectivity index (χ1v) is 3.76. The number of carbonyl (C=O) groups is 1. The highest BCUT2D eigenvalue weighted by Gasteiger charge is 1.85. The smallest absolute Gasteiger partial charge is 0.119 e. The van der Waals surface area contributed by atoms with Crippen LogP contribution in [0.2, 0.25) is 0 Å². The monoisotopic (exact) mass is 129 g/mol. The molecule has 0 N–H and O–H groups in total. The van der Waals surface area contributed by atoms with Gasteiger partial charge >= 0.3 is 0 Å². The topological polar surface area (TPSA) is 17.1 Å². The molecule has 0 rings (SSSR count).